The molecule has 4 nitrogen and oxygen atoms in total. The van der Waals surface area contributed by atoms with E-state index in [0.29, 0.717) is 11.8 Å². The van der Waals surface area contributed by atoms with E-state index in [1.54, 1.807) is 18.2 Å². The lowest BCUT2D eigenvalue weighted by Gasteiger charge is -2.02. The Bertz CT molecular complexity index is 410. The van der Waals surface area contributed by atoms with Crippen LogP contribution in [0.3, 0.4) is 0 Å². The van der Waals surface area contributed by atoms with E-state index in [4.69, 9.17) is 0 Å². The molecule has 0 heterocycles. The molecule has 0 spiro atoms. The molecule has 1 amide bonds. The summed E-state index contributed by atoms with van der Waals surface area (Å²) in [6.07, 6.45) is 1.60. The molecule has 0 aliphatic rings. The summed E-state index contributed by atoms with van der Waals surface area (Å²) in [6, 6.07) is 7.20. The van der Waals surface area contributed by atoms with E-state index < -0.39 is 11.9 Å². The van der Waals surface area contributed by atoms with Crippen molar-refractivity contribution < 1.29 is 14.7 Å². The molecular weight excluding hydrogens is 194 g/mol. The number of amides is 1. The number of nitrogens with one attached hydrogen (secondary N) is 1. The van der Waals surface area contributed by atoms with E-state index in [0.717, 1.165) is 11.6 Å². The molecule has 0 unspecified atom stereocenters. The van der Waals surface area contributed by atoms with Crippen LogP contribution in [0.4, 0.5) is 5.69 Å². The van der Waals surface area contributed by atoms with Gasteiger partial charge in [-0.15, -0.1) is 0 Å². The van der Waals surface area contributed by atoms with Gasteiger partial charge in [0.15, 0.2) is 0 Å². The van der Waals surface area contributed by atoms with Gasteiger partial charge in [0.25, 0.3) is 0 Å². The number of carbonyl (C=O) groups is 2. The molecule has 1 N–H and O–H groups in total. The molecule has 1 aromatic rings. The van der Waals surface area contributed by atoms with Crippen LogP contribution in [0.1, 0.15) is 5.56 Å². The third-order valence-corrected chi connectivity index (χ3v) is 1.66. The first-order valence-corrected chi connectivity index (χ1v) is 4.34. The first-order valence-electron chi connectivity index (χ1n) is 4.34. The van der Waals surface area contributed by atoms with Crippen LogP contribution in [0.25, 0.3) is 0 Å². The van der Waals surface area contributed by atoms with E-state index in [1.165, 1.54) is 0 Å². The number of hydrogen-bond donors (Lipinski definition) is 1. The molecule has 4 heteroatoms. The lowest BCUT2D eigenvalue weighted by Crippen LogP contribution is -2.20. The van der Waals surface area contributed by atoms with Crippen LogP contribution in [0.5, 0.6) is 0 Å². The van der Waals surface area contributed by atoms with Crippen LogP contribution in [-0.4, -0.2) is 11.9 Å². The van der Waals surface area contributed by atoms with Crippen LogP contribution < -0.4 is 10.4 Å². The SMILES string of the molecule is Cc1cccc(NC(=O)/C=C\C(=O)[O-])c1. The Morgan fingerprint density at radius 1 is 1.33 bits per heavy atom. The fraction of sp³-hybridized carbons (Fsp3) is 0.0909. The molecule has 0 aliphatic heterocycles. The van der Waals surface area contributed by atoms with E-state index in [9.17, 15) is 14.7 Å². The summed E-state index contributed by atoms with van der Waals surface area (Å²) in [5.41, 5.74) is 1.64. The minimum absolute atomic E-state index is 0.496. The first kappa shape index (κ1) is 11.0. The normalized spacial score (nSPS) is 10.2. The van der Waals surface area contributed by atoms with Crippen molar-refractivity contribution in [2.24, 2.45) is 0 Å². The van der Waals surface area contributed by atoms with Crippen molar-refractivity contribution >= 4 is 17.6 Å². The molecule has 0 saturated heterocycles. The van der Waals surface area contributed by atoms with Gasteiger partial charge in [0.1, 0.15) is 0 Å². The fourth-order valence-corrected chi connectivity index (χ4v) is 1.05. The molecule has 0 aromatic heterocycles. The van der Waals surface area contributed by atoms with Gasteiger partial charge in [-0.3, -0.25) is 4.79 Å². The standard InChI is InChI=1S/C11H11NO3/c1-8-3-2-4-9(7-8)12-10(13)5-6-11(14)15/h2-7H,1H3,(H,12,13)(H,14,15)/p-1/b6-5-. The van der Waals surface area contributed by atoms with E-state index in [1.807, 2.05) is 13.0 Å². The van der Waals surface area contributed by atoms with E-state index >= 15 is 0 Å². The summed E-state index contributed by atoms with van der Waals surface area (Å²) < 4.78 is 0. The summed E-state index contributed by atoms with van der Waals surface area (Å²) in [6.45, 7) is 1.90. The molecule has 0 aliphatic carbocycles. The number of carboxylic acids is 1. The Morgan fingerprint density at radius 2 is 2.07 bits per heavy atom. The molecule has 1 aromatic carbocycles. The lowest BCUT2D eigenvalue weighted by atomic mass is 10.2. The molecule has 15 heavy (non-hydrogen) atoms. The monoisotopic (exact) mass is 204 g/mol. The molecule has 0 atom stereocenters. The van der Waals surface area contributed by atoms with Crippen LogP contribution in [0.2, 0.25) is 0 Å². The number of aliphatic carboxylic acids is 1. The van der Waals surface area contributed by atoms with Gasteiger partial charge < -0.3 is 15.2 Å². The molecule has 0 saturated carbocycles. The summed E-state index contributed by atoms with van der Waals surface area (Å²) >= 11 is 0. The van der Waals surface area contributed by atoms with Gasteiger partial charge in [0, 0.05) is 11.8 Å². The highest BCUT2D eigenvalue weighted by molar-refractivity contribution is 6.02. The predicted molar refractivity (Wildman–Crippen MR) is 54.0 cm³/mol. The van der Waals surface area contributed by atoms with Gasteiger partial charge in [0.05, 0.1) is 5.97 Å². The third-order valence-electron chi connectivity index (χ3n) is 1.66. The average Bonchev–Trinajstić information content (AvgIpc) is 2.15. The van der Waals surface area contributed by atoms with Crippen LogP contribution in [0.15, 0.2) is 36.4 Å². The zero-order valence-electron chi connectivity index (χ0n) is 8.19. The second-order valence-corrected chi connectivity index (χ2v) is 3.01. The largest absolute Gasteiger partial charge is 0.545 e. The number of hydrogen-bond acceptors (Lipinski definition) is 3. The van der Waals surface area contributed by atoms with Gasteiger partial charge >= 0.3 is 0 Å². The van der Waals surface area contributed by atoms with Gasteiger partial charge in [-0.2, -0.15) is 0 Å². The van der Waals surface area contributed by atoms with Crippen LogP contribution in [-0.2, 0) is 9.59 Å². The molecule has 78 valence electrons. The van der Waals surface area contributed by atoms with Crippen molar-refractivity contribution in [1.29, 1.82) is 0 Å². The van der Waals surface area contributed by atoms with Gasteiger partial charge in [-0.25, -0.2) is 0 Å². The highest BCUT2D eigenvalue weighted by Crippen LogP contribution is 2.09. The van der Waals surface area contributed by atoms with E-state index in [2.05, 4.69) is 5.32 Å². The molecule has 0 fully saturated rings. The quantitative estimate of drug-likeness (QED) is 0.717. The second-order valence-electron chi connectivity index (χ2n) is 3.01. The van der Waals surface area contributed by atoms with Crippen molar-refractivity contribution in [2.45, 2.75) is 6.92 Å². The number of anilines is 1. The maximum absolute atomic E-state index is 11.1. The number of carbonyl (C=O) groups excluding carboxylic acids is 2. The van der Waals surface area contributed by atoms with Crippen LogP contribution in [0, 0.1) is 6.92 Å². The predicted octanol–water partition coefficient (Wildman–Crippen LogP) is 0.240. The maximum atomic E-state index is 11.1. The van der Waals surface area contributed by atoms with Crippen molar-refractivity contribution in [3.8, 4) is 0 Å². The molecule has 1 rings (SSSR count). The van der Waals surface area contributed by atoms with Gasteiger partial charge in [0.2, 0.25) is 5.91 Å². The fourth-order valence-electron chi connectivity index (χ4n) is 1.05. The zero-order chi connectivity index (χ0) is 11.3. The van der Waals surface area contributed by atoms with Crippen molar-refractivity contribution in [3.63, 3.8) is 0 Å². The minimum Gasteiger partial charge on any atom is -0.545 e. The lowest BCUT2D eigenvalue weighted by molar-refractivity contribution is -0.297. The molecule has 0 bridgehead atoms. The van der Waals surface area contributed by atoms with Gasteiger partial charge in [-0.05, 0) is 30.7 Å². The van der Waals surface area contributed by atoms with Crippen molar-refractivity contribution in [3.05, 3.63) is 42.0 Å². The zero-order valence-corrected chi connectivity index (χ0v) is 8.19. The van der Waals surface area contributed by atoms with Crippen molar-refractivity contribution in [1.82, 2.24) is 0 Å². The second kappa shape index (κ2) is 4.95. The number of benzene rings is 1. The number of carboxylic acid groups (broad SMARTS) is 1. The number of rotatable bonds is 3. The Hall–Kier alpha value is -2.10. The topological polar surface area (TPSA) is 69.2 Å². The van der Waals surface area contributed by atoms with Crippen LogP contribution >= 0.6 is 0 Å². The Balaban J connectivity index is 2.63. The molecular formula is C11H10NO3-. The average molecular weight is 204 g/mol. The first-order chi connectivity index (χ1) is 7.08. The number of aryl methyl sites for hydroxylation is 1. The molecule has 0 radical (unpaired) electrons. The smallest absolute Gasteiger partial charge is 0.248 e. The van der Waals surface area contributed by atoms with Gasteiger partial charge in [-0.1, -0.05) is 12.1 Å². The van der Waals surface area contributed by atoms with E-state index in [-0.39, 0.29) is 0 Å². The Labute approximate surface area is 87.2 Å². The summed E-state index contributed by atoms with van der Waals surface area (Å²) in [4.78, 5) is 21.2. The summed E-state index contributed by atoms with van der Waals surface area (Å²) in [5, 5.41) is 12.6. The highest BCUT2D eigenvalue weighted by atomic mass is 16.4. The maximum Gasteiger partial charge on any atom is 0.248 e. The van der Waals surface area contributed by atoms with Crippen molar-refractivity contribution in [2.75, 3.05) is 5.32 Å². The Kier molecular flexibility index (Phi) is 3.62. The Morgan fingerprint density at radius 3 is 2.67 bits per heavy atom. The summed E-state index contributed by atoms with van der Waals surface area (Å²) in [5.74, 6) is -1.89. The highest BCUT2D eigenvalue weighted by Gasteiger charge is 1.96. The minimum atomic E-state index is -1.39. The third kappa shape index (κ3) is 4.08. The summed E-state index contributed by atoms with van der Waals surface area (Å²) in [7, 11) is 0.